The van der Waals surface area contributed by atoms with Crippen molar-refractivity contribution in [1.29, 1.82) is 0 Å². The molecule has 35 heavy (non-hydrogen) atoms. The van der Waals surface area contributed by atoms with Crippen molar-refractivity contribution in [2.24, 2.45) is 0 Å². The monoisotopic (exact) mass is 511 g/mol. The number of carbonyl (C=O) groups is 2. The number of aryl methyl sites for hydroxylation is 1. The molecule has 0 bridgehead atoms. The molecule has 0 saturated heterocycles. The van der Waals surface area contributed by atoms with E-state index in [0.29, 0.717) is 40.2 Å². The normalized spacial score (nSPS) is 12.2. The maximum Gasteiger partial charge on any atom is 0.338 e. The van der Waals surface area contributed by atoms with Crippen LogP contribution < -0.4 is 15.6 Å². The number of anilines is 1. The Hall–Kier alpha value is -3.24. The lowest BCUT2D eigenvalue weighted by atomic mass is 10.2. The summed E-state index contributed by atoms with van der Waals surface area (Å²) in [7, 11) is 0. The highest BCUT2D eigenvalue weighted by Gasteiger charge is 2.23. The molecule has 2 aromatic carbocycles. The molecule has 2 heterocycles. The first kappa shape index (κ1) is 24.9. The minimum Gasteiger partial charge on any atom is -0.494 e. The first-order valence-electron chi connectivity index (χ1n) is 11.2. The van der Waals surface area contributed by atoms with Gasteiger partial charge in [-0.05, 0) is 62.4 Å². The summed E-state index contributed by atoms with van der Waals surface area (Å²) in [6.45, 7) is 4.51. The summed E-state index contributed by atoms with van der Waals surface area (Å²) in [5.74, 6) is 0.942. The van der Waals surface area contributed by atoms with Gasteiger partial charge in [0.2, 0.25) is 5.91 Å². The lowest BCUT2D eigenvalue weighted by molar-refractivity contribution is -0.113. The summed E-state index contributed by atoms with van der Waals surface area (Å²) in [6, 6.07) is 13.8. The van der Waals surface area contributed by atoms with Gasteiger partial charge in [-0.1, -0.05) is 11.8 Å². The molecule has 1 aromatic heterocycles. The van der Waals surface area contributed by atoms with Gasteiger partial charge in [-0.2, -0.15) is 0 Å². The number of fused-ring (bicyclic) bond motifs is 1. The zero-order valence-electron chi connectivity index (χ0n) is 19.4. The summed E-state index contributed by atoms with van der Waals surface area (Å²) >= 11 is 2.72. The second-order valence-corrected chi connectivity index (χ2v) is 9.52. The minimum absolute atomic E-state index is 0.0645. The molecular formula is C25H25N3O5S2. The first-order chi connectivity index (χ1) is 17.0. The van der Waals surface area contributed by atoms with E-state index in [-0.39, 0.29) is 17.2 Å². The van der Waals surface area contributed by atoms with Gasteiger partial charge in [-0.15, -0.1) is 11.8 Å². The number of nitrogens with zero attached hydrogens (tertiary/aromatic N) is 2. The van der Waals surface area contributed by atoms with Gasteiger partial charge in [-0.3, -0.25) is 14.2 Å². The molecule has 1 N–H and O–H groups in total. The van der Waals surface area contributed by atoms with Gasteiger partial charge in [0.05, 0.1) is 40.8 Å². The molecule has 0 radical (unpaired) electrons. The molecule has 1 aliphatic rings. The Morgan fingerprint density at radius 2 is 1.83 bits per heavy atom. The van der Waals surface area contributed by atoms with Crippen LogP contribution in [0.2, 0.25) is 0 Å². The molecule has 0 unspecified atom stereocenters. The van der Waals surface area contributed by atoms with E-state index >= 15 is 0 Å². The van der Waals surface area contributed by atoms with E-state index in [2.05, 4.69) is 5.32 Å². The van der Waals surface area contributed by atoms with Crippen LogP contribution in [0.5, 0.6) is 5.75 Å². The molecule has 182 valence electrons. The van der Waals surface area contributed by atoms with Crippen molar-refractivity contribution in [3.8, 4) is 11.4 Å². The summed E-state index contributed by atoms with van der Waals surface area (Å²) in [5.41, 5.74) is 2.29. The van der Waals surface area contributed by atoms with Crippen LogP contribution in [-0.4, -0.2) is 46.1 Å². The van der Waals surface area contributed by atoms with Gasteiger partial charge < -0.3 is 14.8 Å². The Morgan fingerprint density at radius 1 is 1.09 bits per heavy atom. The lowest BCUT2D eigenvalue weighted by Crippen LogP contribution is -2.24. The van der Waals surface area contributed by atoms with Crippen LogP contribution in [0.15, 0.2) is 63.4 Å². The van der Waals surface area contributed by atoms with Crippen LogP contribution in [0.1, 0.15) is 29.9 Å². The van der Waals surface area contributed by atoms with E-state index in [1.54, 1.807) is 35.8 Å². The highest BCUT2D eigenvalue weighted by molar-refractivity contribution is 8.00. The first-order valence-corrected chi connectivity index (χ1v) is 13.2. The number of aromatic nitrogens is 2. The minimum atomic E-state index is -0.408. The number of ether oxygens (including phenoxy) is 2. The molecule has 4 rings (SSSR count). The van der Waals surface area contributed by atoms with E-state index in [9.17, 15) is 14.4 Å². The highest BCUT2D eigenvalue weighted by Crippen LogP contribution is 2.30. The number of carbonyl (C=O) groups excluding carboxylic acids is 2. The number of nitrogens with one attached hydrogen (secondary N) is 1. The van der Waals surface area contributed by atoms with Crippen LogP contribution >= 0.6 is 23.5 Å². The topological polar surface area (TPSA) is 99.5 Å². The standard InChI is InChI=1S/C25H25N3O5S2/c1-3-32-19-11-9-18(10-12-19)28-23(30)22-20(13-14-34-22)27-25(28)35-15-21(29)26-17-7-5-16(6-8-17)24(31)33-4-2/h5-12H,3-4,13-15H2,1-2H3,(H,26,29). The average Bonchev–Trinajstić information content (AvgIpc) is 3.33. The second kappa shape index (κ2) is 11.5. The Labute approximate surface area is 211 Å². The largest absolute Gasteiger partial charge is 0.494 e. The van der Waals surface area contributed by atoms with E-state index in [0.717, 1.165) is 23.6 Å². The van der Waals surface area contributed by atoms with Gasteiger partial charge in [0.1, 0.15) is 5.75 Å². The predicted octanol–water partition coefficient (Wildman–Crippen LogP) is 4.19. The molecule has 0 saturated carbocycles. The van der Waals surface area contributed by atoms with Crippen LogP contribution in [0.25, 0.3) is 5.69 Å². The van der Waals surface area contributed by atoms with E-state index in [1.807, 2.05) is 31.2 Å². The van der Waals surface area contributed by atoms with E-state index in [1.165, 1.54) is 23.5 Å². The third-order valence-corrected chi connectivity index (χ3v) is 7.13. The molecule has 0 atom stereocenters. The summed E-state index contributed by atoms with van der Waals surface area (Å²) in [4.78, 5) is 43.1. The smallest absolute Gasteiger partial charge is 0.338 e. The van der Waals surface area contributed by atoms with Crippen molar-refractivity contribution in [2.75, 3.05) is 30.0 Å². The number of thioether (sulfide) groups is 2. The maximum absolute atomic E-state index is 13.3. The Bertz CT molecular complexity index is 1270. The van der Waals surface area contributed by atoms with Crippen molar-refractivity contribution in [2.45, 2.75) is 30.3 Å². The van der Waals surface area contributed by atoms with Gasteiger partial charge in [-0.25, -0.2) is 9.78 Å². The van der Waals surface area contributed by atoms with Crippen LogP contribution in [0.3, 0.4) is 0 Å². The molecule has 8 nitrogen and oxygen atoms in total. The molecule has 1 amide bonds. The van der Waals surface area contributed by atoms with Gasteiger partial charge in [0.15, 0.2) is 5.16 Å². The summed E-state index contributed by atoms with van der Waals surface area (Å²) in [6.07, 6.45) is 0.728. The zero-order chi connectivity index (χ0) is 24.8. The van der Waals surface area contributed by atoms with Gasteiger partial charge in [0, 0.05) is 17.9 Å². The Balaban J connectivity index is 1.51. The summed E-state index contributed by atoms with van der Waals surface area (Å²) < 4.78 is 12.0. The fourth-order valence-electron chi connectivity index (χ4n) is 3.51. The SMILES string of the molecule is CCOC(=O)c1ccc(NC(=O)CSc2nc3c(c(=O)n2-c2ccc(OCC)cc2)SCC3)cc1. The van der Waals surface area contributed by atoms with Gasteiger partial charge >= 0.3 is 5.97 Å². The van der Waals surface area contributed by atoms with Crippen LogP contribution in [-0.2, 0) is 16.0 Å². The molecule has 3 aromatic rings. The van der Waals surface area contributed by atoms with Crippen LogP contribution in [0.4, 0.5) is 5.69 Å². The molecule has 0 spiro atoms. The number of esters is 1. The van der Waals surface area contributed by atoms with Crippen LogP contribution in [0, 0.1) is 0 Å². The Morgan fingerprint density at radius 3 is 2.51 bits per heavy atom. The lowest BCUT2D eigenvalue weighted by Gasteiger charge is -2.14. The van der Waals surface area contributed by atoms with Crippen molar-refractivity contribution in [3.05, 3.63) is 70.1 Å². The maximum atomic E-state index is 13.3. The molecule has 0 fully saturated rings. The number of rotatable bonds is 9. The highest BCUT2D eigenvalue weighted by atomic mass is 32.2. The number of amides is 1. The molecular weight excluding hydrogens is 486 g/mol. The summed E-state index contributed by atoms with van der Waals surface area (Å²) in [5, 5.41) is 3.28. The third kappa shape index (κ3) is 5.88. The molecule has 1 aliphatic heterocycles. The zero-order valence-corrected chi connectivity index (χ0v) is 21.0. The predicted molar refractivity (Wildman–Crippen MR) is 137 cm³/mol. The molecule has 10 heteroatoms. The van der Waals surface area contributed by atoms with Gasteiger partial charge in [0.25, 0.3) is 5.56 Å². The second-order valence-electron chi connectivity index (χ2n) is 7.47. The van der Waals surface area contributed by atoms with E-state index in [4.69, 9.17) is 14.5 Å². The Kier molecular flexibility index (Phi) is 8.14. The fourth-order valence-corrected chi connectivity index (χ4v) is 5.36. The number of hydrogen-bond donors (Lipinski definition) is 1. The quantitative estimate of drug-likeness (QED) is 0.259. The number of hydrogen-bond acceptors (Lipinski definition) is 8. The number of benzene rings is 2. The van der Waals surface area contributed by atoms with E-state index < -0.39 is 5.97 Å². The van der Waals surface area contributed by atoms with Crippen molar-refractivity contribution < 1.29 is 19.1 Å². The van der Waals surface area contributed by atoms with Crippen molar-refractivity contribution in [3.63, 3.8) is 0 Å². The van der Waals surface area contributed by atoms with Crippen molar-refractivity contribution in [1.82, 2.24) is 9.55 Å². The van der Waals surface area contributed by atoms with Crippen molar-refractivity contribution >= 4 is 41.1 Å². The fraction of sp³-hybridized carbons (Fsp3) is 0.280. The third-order valence-electron chi connectivity index (χ3n) is 5.08. The average molecular weight is 512 g/mol. The molecule has 0 aliphatic carbocycles.